The number of hydrogen-bond acceptors (Lipinski definition) is 7. The highest BCUT2D eigenvalue weighted by molar-refractivity contribution is 8.14. The third-order valence-electron chi connectivity index (χ3n) is 4.85. The van der Waals surface area contributed by atoms with Gasteiger partial charge in [0.2, 0.25) is 0 Å². The fourth-order valence-corrected chi connectivity index (χ4v) is 4.13. The monoisotopic (exact) mass is 364 g/mol. The summed E-state index contributed by atoms with van der Waals surface area (Å²) in [6.07, 6.45) is 3.73. The van der Waals surface area contributed by atoms with Crippen molar-refractivity contribution in [2.45, 2.75) is 36.7 Å². The number of fused-ring (bicyclic) bond motifs is 1. The van der Waals surface area contributed by atoms with Crippen LogP contribution < -0.4 is 10.6 Å². The molecule has 6 nitrogen and oxygen atoms in total. The molecular weight excluding hydrogens is 344 g/mol. The van der Waals surface area contributed by atoms with Crippen LogP contribution in [0.3, 0.4) is 0 Å². The number of aliphatic imine (C=N–C) groups is 1. The third kappa shape index (κ3) is 3.30. The van der Waals surface area contributed by atoms with Crippen molar-refractivity contribution in [3.05, 3.63) is 47.4 Å². The Hall–Kier alpha value is -2.43. The van der Waals surface area contributed by atoms with Gasteiger partial charge in [-0.05, 0) is 31.9 Å². The Morgan fingerprint density at radius 3 is 2.81 bits per heavy atom. The molecule has 1 fully saturated rings. The summed E-state index contributed by atoms with van der Waals surface area (Å²) in [7, 11) is 0. The first-order chi connectivity index (χ1) is 12.6. The first kappa shape index (κ1) is 17.0. The van der Waals surface area contributed by atoms with Crippen LogP contribution in [0.1, 0.15) is 36.7 Å². The van der Waals surface area contributed by atoms with E-state index >= 15 is 0 Å². The fourth-order valence-electron chi connectivity index (χ4n) is 3.16. The molecule has 2 N–H and O–H groups in total. The molecule has 2 aliphatic heterocycles. The number of anilines is 1. The number of nitrogens with zero attached hydrogens (tertiary/aromatic N) is 5. The molecule has 0 saturated carbocycles. The zero-order valence-corrected chi connectivity index (χ0v) is 15.5. The van der Waals surface area contributed by atoms with Gasteiger partial charge in [-0.15, -0.1) is 0 Å². The van der Waals surface area contributed by atoms with Gasteiger partial charge in [-0.2, -0.15) is 5.26 Å². The normalized spacial score (nSPS) is 18.2. The van der Waals surface area contributed by atoms with Gasteiger partial charge in [-0.1, -0.05) is 23.9 Å². The van der Waals surface area contributed by atoms with Crippen molar-refractivity contribution in [1.29, 1.82) is 5.26 Å². The number of rotatable bonds is 2. The number of nitriles is 1. The summed E-state index contributed by atoms with van der Waals surface area (Å²) in [4.78, 5) is 17.2. The minimum atomic E-state index is -0.0816. The molecule has 132 valence electrons. The summed E-state index contributed by atoms with van der Waals surface area (Å²) < 4.78 is 0. The van der Waals surface area contributed by atoms with E-state index in [1.165, 1.54) is 11.8 Å². The lowest BCUT2D eigenvalue weighted by molar-refractivity contribution is 0.363. The van der Waals surface area contributed by atoms with Crippen molar-refractivity contribution in [2.24, 2.45) is 10.7 Å². The van der Waals surface area contributed by atoms with Crippen molar-refractivity contribution >= 4 is 22.6 Å². The Labute approximate surface area is 157 Å². The summed E-state index contributed by atoms with van der Waals surface area (Å²) in [5.41, 5.74) is 8.51. The molecule has 0 spiro atoms. The van der Waals surface area contributed by atoms with Crippen LogP contribution in [-0.4, -0.2) is 33.6 Å². The maximum atomic E-state index is 9.26. The van der Waals surface area contributed by atoms with Gasteiger partial charge in [0.25, 0.3) is 0 Å². The van der Waals surface area contributed by atoms with Crippen molar-refractivity contribution in [3.8, 4) is 6.07 Å². The summed E-state index contributed by atoms with van der Waals surface area (Å²) in [6, 6.07) is 9.76. The standard InChI is InChI=1S/C19H20N6S/c1-19(21)6-8-25(9-7-19)16-12-22-17-14(24-16)11-23-18(17)26-15-5-3-2-4-13(15)10-20/h2-5,12H,6-9,11,21H2,1H3. The molecule has 0 atom stereocenters. The lowest BCUT2D eigenvalue weighted by Crippen LogP contribution is -2.48. The molecule has 7 heteroatoms. The van der Waals surface area contributed by atoms with Gasteiger partial charge in [-0.3, -0.25) is 4.99 Å². The van der Waals surface area contributed by atoms with Crippen molar-refractivity contribution in [2.75, 3.05) is 18.0 Å². The average Bonchev–Trinajstić information content (AvgIpc) is 3.04. The Morgan fingerprint density at radius 1 is 1.27 bits per heavy atom. The van der Waals surface area contributed by atoms with E-state index in [0.717, 1.165) is 53.1 Å². The third-order valence-corrected chi connectivity index (χ3v) is 5.94. The zero-order valence-electron chi connectivity index (χ0n) is 14.6. The SMILES string of the molecule is CC1(N)CCN(c2cnc3c(n2)CN=C3Sc2ccccc2C#N)CC1. The smallest absolute Gasteiger partial charge is 0.147 e. The Kier molecular flexibility index (Phi) is 4.39. The van der Waals surface area contributed by atoms with Crippen LogP contribution in [0.15, 0.2) is 40.4 Å². The Balaban J connectivity index is 1.52. The highest BCUT2D eigenvalue weighted by atomic mass is 32.2. The van der Waals surface area contributed by atoms with E-state index in [2.05, 4.69) is 27.9 Å². The molecule has 0 aliphatic carbocycles. The van der Waals surface area contributed by atoms with E-state index in [-0.39, 0.29) is 5.54 Å². The fraction of sp³-hybridized carbons (Fsp3) is 0.368. The highest BCUT2D eigenvalue weighted by Gasteiger charge is 2.28. The number of benzene rings is 1. The molecular formula is C19H20N6S. The van der Waals surface area contributed by atoms with E-state index in [9.17, 15) is 5.26 Å². The van der Waals surface area contributed by atoms with E-state index in [4.69, 9.17) is 10.7 Å². The molecule has 1 aromatic heterocycles. The second kappa shape index (κ2) is 6.71. The van der Waals surface area contributed by atoms with E-state index in [1.807, 2.05) is 30.5 Å². The predicted octanol–water partition coefficient (Wildman–Crippen LogP) is 2.72. The van der Waals surface area contributed by atoms with Gasteiger partial charge in [0, 0.05) is 23.5 Å². The van der Waals surface area contributed by atoms with Crippen LogP contribution >= 0.6 is 11.8 Å². The molecule has 0 amide bonds. The van der Waals surface area contributed by atoms with Crippen molar-refractivity contribution in [3.63, 3.8) is 0 Å². The highest BCUT2D eigenvalue weighted by Crippen LogP contribution is 2.31. The summed E-state index contributed by atoms with van der Waals surface area (Å²) >= 11 is 1.48. The minimum Gasteiger partial charge on any atom is -0.355 e. The first-order valence-electron chi connectivity index (χ1n) is 8.67. The van der Waals surface area contributed by atoms with Crippen LogP contribution in [0.4, 0.5) is 5.82 Å². The van der Waals surface area contributed by atoms with Gasteiger partial charge in [-0.25, -0.2) is 9.97 Å². The average molecular weight is 364 g/mol. The summed E-state index contributed by atoms with van der Waals surface area (Å²) in [5.74, 6) is 0.901. The largest absolute Gasteiger partial charge is 0.355 e. The van der Waals surface area contributed by atoms with Crippen LogP contribution in [0, 0.1) is 11.3 Å². The molecule has 26 heavy (non-hydrogen) atoms. The molecule has 1 saturated heterocycles. The second-order valence-electron chi connectivity index (χ2n) is 7.00. The van der Waals surface area contributed by atoms with Crippen molar-refractivity contribution in [1.82, 2.24) is 9.97 Å². The maximum absolute atomic E-state index is 9.26. The van der Waals surface area contributed by atoms with Crippen LogP contribution in [-0.2, 0) is 6.54 Å². The Bertz CT molecular complexity index is 904. The first-order valence-corrected chi connectivity index (χ1v) is 9.49. The summed E-state index contributed by atoms with van der Waals surface area (Å²) in [5, 5.41) is 10.1. The predicted molar refractivity (Wildman–Crippen MR) is 103 cm³/mol. The van der Waals surface area contributed by atoms with Crippen LogP contribution in [0.2, 0.25) is 0 Å². The van der Waals surface area contributed by atoms with Gasteiger partial charge in [0.1, 0.15) is 22.6 Å². The molecule has 1 aromatic carbocycles. The topological polar surface area (TPSA) is 91.2 Å². The number of hydrogen-bond donors (Lipinski definition) is 1. The van der Waals surface area contributed by atoms with Gasteiger partial charge >= 0.3 is 0 Å². The summed E-state index contributed by atoms with van der Waals surface area (Å²) in [6.45, 7) is 4.45. The number of thioether (sulfide) groups is 1. The lowest BCUT2D eigenvalue weighted by atomic mass is 9.91. The van der Waals surface area contributed by atoms with Crippen LogP contribution in [0.5, 0.6) is 0 Å². The maximum Gasteiger partial charge on any atom is 0.147 e. The molecule has 0 unspecified atom stereocenters. The van der Waals surface area contributed by atoms with Crippen LogP contribution in [0.25, 0.3) is 0 Å². The molecule has 4 rings (SSSR count). The van der Waals surface area contributed by atoms with Crippen molar-refractivity contribution < 1.29 is 0 Å². The van der Waals surface area contributed by atoms with Gasteiger partial charge in [0.05, 0.1) is 24.0 Å². The minimum absolute atomic E-state index is 0.0816. The molecule has 3 heterocycles. The van der Waals surface area contributed by atoms with Gasteiger partial charge < -0.3 is 10.6 Å². The second-order valence-corrected chi connectivity index (χ2v) is 8.03. The van der Waals surface area contributed by atoms with Gasteiger partial charge in [0.15, 0.2) is 0 Å². The lowest BCUT2D eigenvalue weighted by Gasteiger charge is -2.37. The molecule has 2 aliphatic rings. The zero-order chi connectivity index (χ0) is 18.1. The molecule has 0 radical (unpaired) electrons. The molecule has 2 aromatic rings. The number of piperidine rings is 1. The van der Waals surface area contributed by atoms with E-state index < -0.39 is 0 Å². The quantitative estimate of drug-likeness (QED) is 0.881. The Morgan fingerprint density at radius 2 is 2.04 bits per heavy atom. The van der Waals surface area contributed by atoms with E-state index in [1.54, 1.807) is 0 Å². The number of aromatic nitrogens is 2. The number of nitrogens with two attached hydrogens (primary N) is 1. The molecule has 0 bridgehead atoms. The van der Waals surface area contributed by atoms with E-state index in [0.29, 0.717) is 12.1 Å².